The lowest BCUT2D eigenvalue weighted by Gasteiger charge is -2.10. The van der Waals surface area contributed by atoms with Gasteiger partial charge in [-0.1, -0.05) is 11.8 Å². The van der Waals surface area contributed by atoms with Gasteiger partial charge >= 0.3 is 0 Å². The van der Waals surface area contributed by atoms with E-state index in [0.717, 1.165) is 15.1 Å². The van der Waals surface area contributed by atoms with Crippen molar-refractivity contribution in [3.8, 4) is 0 Å². The number of hydrogen-bond acceptors (Lipinski definition) is 5. The molecule has 0 saturated carbocycles. The van der Waals surface area contributed by atoms with E-state index in [1.54, 1.807) is 13.0 Å². The van der Waals surface area contributed by atoms with Crippen LogP contribution in [-0.4, -0.2) is 14.5 Å². The van der Waals surface area contributed by atoms with Gasteiger partial charge < -0.3 is 5.11 Å². The maximum absolute atomic E-state index is 13.1. The Balaban J connectivity index is 2.32. The van der Waals surface area contributed by atoms with Crippen molar-refractivity contribution in [1.29, 1.82) is 0 Å². The van der Waals surface area contributed by atoms with Gasteiger partial charge in [0.05, 0.1) is 6.10 Å². The van der Waals surface area contributed by atoms with E-state index in [1.165, 1.54) is 35.4 Å². The van der Waals surface area contributed by atoms with Crippen molar-refractivity contribution in [2.75, 3.05) is 0 Å². The van der Waals surface area contributed by atoms with Crippen molar-refractivity contribution in [2.24, 2.45) is 0 Å². The van der Waals surface area contributed by atoms with E-state index in [4.69, 9.17) is 0 Å². The molecule has 1 atom stereocenters. The maximum atomic E-state index is 13.1. The normalized spacial score (nSPS) is 12.7. The van der Waals surface area contributed by atoms with Gasteiger partial charge in [0.15, 0.2) is 4.34 Å². The van der Waals surface area contributed by atoms with E-state index in [0.29, 0.717) is 5.56 Å². The van der Waals surface area contributed by atoms with Crippen molar-refractivity contribution in [3.63, 3.8) is 0 Å². The number of nitrogens with zero attached hydrogens (tertiary/aromatic N) is 2. The molecule has 0 amide bonds. The fourth-order valence-electron chi connectivity index (χ4n) is 1.35. The monoisotopic (exact) mass is 270 g/mol. The summed E-state index contributed by atoms with van der Waals surface area (Å²) >= 11 is 2.69. The second-order valence-electron chi connectivity index (χ2n) is 3.57. The van der Waals surface area contributed by atoms with Crippen LogP contribution in [0.1, 0.15) is 24.4 Å². The minimum atomic E-state index is -0.706. The van der Waals surface area contributed by atoms with Gasteiger partial charge in [0, 0.05) is 4.90 Å². The first-order valence-electron chi connectivity index (χ1n) is 5.02. The van der Waals surface area contributed by atoms with Gasteiger partial charge in [-0.15, -0.1) is 0 Å². The second-order valence-corrected chi connectivity index (χ2v) is 5.61. The Hall–Kier alpha value is -0.980. The minimum Gasteiger partial charge on any atom is -0.389 e. The van der Waals surface area contributed by atoms with Crippen LogP contribution in [0.3, 0.4) is 0 Å². The topological polar surface area (TPSA) is 46.0 Å². The summed E-state index contributed by atoms with van der Waals surface area (Å²) in [6.45, 7) is 3.44. The molecule has 90 valence electrons. The molecule has 2 aromatic rings. The third-order valence-electron chi connectivity index (χ3n) is 2.13. The molecule has 0 saturated heterocycles. The molecule has 3 nitrogen and oxygen atoms in total. The summed E-state index contributed by atoms with van der Waals surface area (Å²) in [6, 6.07) is 4.38. The Morgan fingerprint density at radius 1 is 1.47 bits per heavy atom. The molecule has 1 N–H and O–H groups in total. The van der Waals surface area contributed by atoms with E-state index < -0.39 is 6.10 Å². The average molecular weight is 270 g/mol. The highest BCUT2D eigenvalue weighted by molar-refractivity contribution is 8.01. The fraction of sp³-hybridized carbons (Fsp3) is 0.273. The van der Waals surface area contributed by atoms with Crippen molar-refractivity contribution in [3.05, 3.63) is 35.4 Å². The Morgan fingerprint density at radius 2 is 2.24 bits per heavy atom. The molecule has 17 heavy (non-hydrogen) atoms. The van der Waals surface area contributed by atoms with Gasteiger partial charge in [-0.05, 0) is 49.1 Å². The van der Waals surface area contributed by atoms with E-state index in [1.807, 2.05) is 6.92 Å². The summed E-state index contributed by atoms with van der Waals surface area (Å²) in [5, 5.41) is 9.60. The Bertz CT molecular complexity index is 528. The molecule has 0 fully saturated rings. The first-order chi connectivity index (χ1) is 8.06. The summed E-state index contributed by atoms with van der Waals surface area (Å²) in [4.78, 5) is 5.03. The number of benzene rings is 1. The molecule has 0 unspecified atom stereocenters. The van der Waals surface area contributed by atoms with Gasteiger partial charge in [0.25, 0.3) is 0 Å². The van der Waals surface area contributed by atoms with Crippen LogP contribution in [-0.2, 0) is 0 Å². The molecule has 0 spiro atoms. The largest absolute Gasteiger partial charge is 0.389 e. The lowest BCUT2D eigenvalue weighted by atomic mass is 10.1. The highest BCUT2D eigenvalue weighted by atomic mass is 32.2. The first-order valence-corrected chi connectivity index (χ1v) is 6.61. The van der Waals surface area contributed by atoms with E-state index in [9.17, 15) is 9.50 Å². The predicted molar refractivity (Wildman–Crippen MR) is 65.8 cm³/mol. The molecular weight excluding hydrogens is 259 g/mol. The van der Waals surface area contributed by atoms with Crippen molar-refractivity contribution in [1.82, 2.24) is 9.36 Å². The summed E-state index contributed by atoms with van der Waals surface area (Å²) in [6.07, 6.45) is -0.706. The average Bonchev–Trinajstić information content (AvgIpc) is 2.66. The lowest BCUT2D eigenvalue weighted by molar-refractivity contribution is 0.196. The molecule has 2 rings (SSSR count). The first kappa shape index (κ1) is 12.5. The van der Waals surface area contributed by atoms with E-state index >= 15 is 0 Å². The molecule has 0 aliphatic heterocycles. The van der Waals surface area contributed by atoms with Gasteiger partial charge in [-0.3, -0.25) is 0 Å². The van der Waals surface area contributed by atoms with Crippen LogP contribution in [0.15, 0.2) is 27.4 Å². The number of aliphatic hydroxyl groups is 1. The molecule has 0 bridgehead atoms. The molecular formula is C11H11FN2OS2. The third-order valence-corrected chi connectivity index (χ3v) is 4.06. The lowest BCUT2D eigenvalue weighted by Crippen LogP contribution is -1.95. The van der Waals surface area contributed by atoms with E-state index in [-0.39, 0.29) is 5.82 Å². The highest BCUT2D eigenvalue weighted by Gasteiger charge is 2.12. The number of aliphatic hydroxyl groups excluding tert-OH is 1. The zero-order valence-corrected chi connectivity index (χ0v) is 11.0. The molecule has 6 heteroatoms. The molecule has 0 aliphatic carbocycles. The van der Waals surface area contributed by atoms with Gasteiger partial charge in [-0.2, -0.15) is 4.37 Å². The van der Waals surface area contributed by atoms with Crippen LogP contribution in [0.25, 0.3) is 0 Å². The van der Waals surface area contributed by atoms with Gasteiger partial charge in [0.1, 0.15) is 11.6 Å². The van der Waals surface area contributed by atoms with Crippen LogP contribution in [0, 0.1) is 12.7 Å². The zero-order valence-electron chi connectivity index (χ0n) is 9.35. The van der Waals surface area contributed by atoms with Gasteiger partial charge in [-0.25, -0.2) is 9.37 Å². The summed E-state index contributed by atoms with van der Waals surface area (Å²) < 4.78 is 18.0. The molecule has 1 aromatic carbocycles. The van der Waals surface area contributed by atoms with Crippen LogP contribution in [0.4, 0.5) is 4.39 Å². The van der Waals surface area contributed by atoms with Crippen molar-refractivity contribution >= 4 is 23.3 Å². The Kier molecular flexibility index (Phi) is 3.76. The second kappa shape index (κ2) is 5.12. The Morgan fingerprint density at radius 3 is 2.82 bits per heavy atom. The SMILES string of the molecule is Cc1nsc(Sc2ccc(F)cc2[C@H](C)O)n1. The zero-order chi connectivity index (χ0) is 12.4. The van der Waals surface area contributed by atoms with Crippen LogP contribution >= 0.6 is 23.3 Å². The third kappa shape index (κ3) is 3.02. The van der Waals surface area contributed by atoms with Gasteiger partial charge in [0.2, 0.25) is 0 Å². The smallest absolute Gasteiger partial charge is 0.174 e. The Labute approximate surface area is 107 Å². The number of rotatable bonds is 3. The van der Waals surface area contributed by atoms with Crippen molar-refractivity contribution in [2.45, 2.75) is 29.2 Å². The number of aryl methyl sites for hydroxylation is 1. The van der Waals surface area contributed by atoms with E-state index in [2.05, 4.69) is 9.36 Å². The highest BCUT2D eigenvalue weighted by Crippen LogP contribution is 2.34. The number of halogens is 1. The summed E-state index contributed by atoms with van der Waals surface area (Å²) in [7, 11) is 0. The number of hydrogen-bond donors (Lipinski definition) is 1. The molecule has 1 heterocycles. The maximum Gasteiger partial charge on any atom is 0.174 e. The summed E-state index contributed by atoms with van der Waals surface area (Å²) in [5.41, 5.74) is 0.572. The standard InChI is InChI=1S/C11H11FN2OS2/c1-6(15)9-5-8(12)3-4-10(9)16-11-13-7(2)14-17-11/h3-6,15H,1-2H3/t6-/m0/s1. The fourth-order valence-corrected chi connectivity index (χ4v) is 3.16. The number of aromatic nitrogens is 2. The summed E-state index contributed by atoms with van der Waals surface area (Å²) in [5.74, 6) is 0.372. The molecule has 0 radical (unpaired) electrons. The van der Waals surface area contributed by atoms with Crippen LogP contribution < -0.4 is 0 Å². The minimum absolute atomic E-state index is 0.348. The predicted octanol–water partition coefficient (Wildman–Crippen LogP) is 3.19. The quantitative estimate of drug-likeness (QED) is 0.930. The van der Waals surface area contributed by atoms with Crippen molar-refractivity contribution < 1.29 is 9.50 Å². The molecule has 1 aromatic heterocycles. The van der Waals surface area contributed by atoms with Crippen LogP contribution in [0.5, 0.6) is 0 Å². The molecule has 0 aliphatic rings. The van der Waals surface area contributed by atoms with Crippen LogP contribution in [0.2, 0.25) is 0 Å².